The number of hydrogen-bond acceptors (Lipinski definition) is 8. The minimum atomic E-state index is -1.14. The molecule has 0 aromatic carbocycles. The molecule has 0 aliphatic rings. The average Bonchev–Trinajstić information content (AvgIpc) is 3.16. The van der Waals surface area contributed by atoms with Crippen LogP contribution >= 0.6 is 11.3 Å². The van der Waals surface area contributed by atoms with Gasteiger partial charge in [0.2, 0.25) is 5.95 Å². The Morgan fingerprint density at radius 2 is 2.07 bits per heavy atom. The molecular formula is C18H20F2N6OS. The van der Waals surface area contributed by atoms with E-state index < -0.39 is 17.4 Å². The molecule has 0 aliphatic carbocycles. The monoisotopic (exact) mass is 406 g/mol. The molecule has 0 amide bonds. The highest BCUT2D eigenvalue weighted by molar-refractivity contribution is 7.14. The van der Waals surface area contributed by atoms with Gasteiger partial charge in [0.15, 0.2) is 0 Å². The molecule has 0 fully saturated rings. The third kappa shape index (κ3) is 4.63. The van der Waals surface area contributed by atoms with Crippen molar-refractivity contribution in [3.63, 3.8) is 0 Å². The third-order valence-corrected chi connectivity index (χ3v) is 5.19. The van der Waals surface area contributed by atoms with Crippen molar-refractivity contribution in [1.29, 1.82) is 0 Å². The van der Waals surface area contributed by atoms with Crippen LogP contribution in [0.4, 0.5) is 14.7 Å². The van der Waals surface area contributed by atoms with Crippen LogP contribution in [0.2, 0.25) is 0 Å². The smallest absolute Gasteiger partial charge is 0.242 e. The summed E-state index contributed by atoms with van der Waals surface area (Å²) in [5, 5.41) is 20.8. The van der Waals surface area contributed by atoms with Crippen LogP contribution in [0.25, 0.3) is 10.7 Å². The van der Waals surface area contributed by atoms with E-state index in [-0.39, 0.29) is 31.2 Å². The van der Waals surface area contributed by atoms with Crippen LogP contribution in [-0.4, -0.2) is 43.0 Å². The molecule has 0 spiro atoms. The second-order valence-electron chi connectivity index (χ2n) is 6.69. The van der Waals surface area contributed by atoms with Crippen LogP contribution in [0.1, 0.15) is 30.8 Å². The number of nitrogens with zero attached hydrogens (tertiary/aromatic N) is 5. The molecule has 28 heavy (non-hydrogen) atoms. The molecule has 0 aliphatic heterocycles. The summed E-state index contributed by atoms with van der Waals surface area (Å²) in [7, 11) is 0. The Hall–Kier alpha value is -2.59. The number of aliphatic hydroxyl groups is 1. The van der Waals surface area contributed by atoms with E-state index in [2.05, 4.69) is 30.5 Å². The molecule has 0 saturated heterocycles. The van der Waals surface area contributed by atoms with Gasteiger partial charge in [0, 0.05) is 24.4 Å². The van der Waals surface area contributed by atoms with Crippen molar-refractivity contribution in [3.8, 4) is 10.7 Å². The van der Waals surface area contributed by atoms with E-state index in [9.17, 15) is 8.78 Å². The third-order valence-electron chi connectivity index (χ3n) is 4.19. The fourth-order valence-corrected chi connectivity index (χ4v) is 3.65. The Bertz CT molecular complexity index is 920. The van der Waals surface area contributed by atoms with Crippen LogP contribution in [0, 0.1) is 5.82 Å². The Balaban J connectivity index is 1.75. The second kappa shape index (κ2) is 8.61. The van der Waals surface area contributed by atoms with Crippen molar-refractivity contribution in [2.45, 2.75) is 38.5 Å². The van der Waals surface area contributed by atoms with Crippen LogP contribution < -0.4 is 5.32 Å². The molecule has 0 unspecified atom stereocenters. The van der Waals surface area contributed by atoms with Gasteiger partial charge in [-0.3, -0.25) is 4.98 Å². The van der Waals surface area contributed by atoms with Gasteiger partial charge in [0.1, 0.15) is 16.5 Å². The number of alkyl halides is 1. The molecule has 3 heterocycles. The van der Waals surface area contributed by atoms with E-state index >= 15 is 0 Å². The van der Waals surface area contributed by atoms with Crippen molar-refractivity contribution < 1.29 is 13.9 Å². The van der Waals surface area contributed by atoms with E-state index in [0.717, 1.165) is 0 Å². The number of aromatic nitrogens is 5. The lowest BCUT2D eigenvalue weighted by atomic mass is 9.81. The first kappa shape index (κ1) is 20.2. The summed E-state index contributed by atoms with van der Waals surface area (Å²) in [6, 6.07) is 2.81. The summed E-state index contributed by atoms with van der Waals surface area (Å²) in [5.74, 6) is -0.248. The SMILES string of the molecule is C[C@@H](F)C[C@](C)(CNc1ncc(-c2ncc(CO)s2)nn1)c1ncccc1F. The zero-order chi connectivity index (χ0) is 20.1. The van der Waals surface area contributed by atoms with E-state index in [1.54, 1.807) is 13.1 Å². The second-order valence-corrected chi connectivity index (χ2v) is 7.81. The van der Waals surface area contributed by atoms with Crippen molar-refractivity contribution in [2.24, 2.45) is 0 Å². The van der Waals surface area contributed by atoms with Crippen LogP contribution in [0.3, 0.4) is 0 Å². The molecule has 0 saturated carbocycles. The maximum Gasteiger partial charge on any atom is 0.242 e. The van der Waals surface area contributed by atoms with Crippen molar-refractivity contribution in [2.75, 3.05) is 11.9 Å². The molecule has 3 rings (SSSR count). The Kier molecular flexibility index (Phi) is 6.20. The highest BCUT2D eigenvalue weighted by Crippen LogP contribution is 2.30. The number of halogens is 2. The number of rotatable bonds is 8. The lowest BCUT2D eigenvalue weighted by Gasteiger charge is -2.30. The molecule has 2 atom stereocenters. The van der Waals surface area contributed by atoms with Gasteiger partial charge in [0.25, 0.3) is 0 Å². The molecular weight excluding hydrogens is 386 g/mol. The van der Waals surface area contributed by atoms with Gasteiger partial charge in [0.05, 0.1) is 29.5 Å². The van der Waals surface area contributed by atoms with E-state index in [1.807, 2.05) is 0 Å². The summed E-state index contributed by atoms with van der Waals surface area (Å²) in [5.41, 5.74) is -0.227. The van der Waals surface area contributed by atoms with Crippen LogP contribution in [0.15, 0.2) is 30.7 Å². The molecule has 3 aromatic heterocycles. The van der Waals surface area contributed by atoms with Crippen molar-refractivity contribution >= 4 is 17.3 Å². The average molecular weight is 406 g/mol. The molecule has 7 nitrogen and oxygen atoms in total. The number of thiazole rings is 1. The number of hydrogen-bond donors (Lipinski definition) is 2. The first-order valence-electron chi connectivity index (χ1n) is 8.66. The number of nitrogens with one attached hydrogen (secondary N) is 1. The number of aliphatic hydroxyl groups excluding tert-OH is 1. The number of anilines is 1. The molecule has 0 bridgehead atoms. The first-order chi connectivity index (χ1) is 13.4. The van der Waals surface area contributed by atoms with Gasteiger partial charge in [-0.25, -0.2) is 18.7 Å². The molecule has 148 valence electrons. The maximum absolute atomic E-state index is 14.3. The van der Waals surface area contributed by atoms with Gasteiger partial charge in [-0.1, -0.05) is 6.92 Å². The predicted molar refractivity (Wildman–Crippen MR) is 102 cm³/mol. The summed E-state index contributed by atoms with van der Waals surface area (Å²) in [4.78, 5) is 13.2. The molecule has 10 heteroatoms. The van der Waals surface area contributed by atoms with Gasteiger partial charge >= 0.3 is 0 Å². The highest BCUT2D eigenvalue weighted by Gasteiger charge is 2.33. The Morgan fingerprint density at radius 1 is 1.25 bits per heavy atom. The lowest BCUT2D eigenvalue weighted by Crippen LogP contribution is -2.36. The topological polar surface area (TPSA) is 96.7 Å². The largest absolute Gasteiger partial charge is 0.391 e. The van der Waals surface area contributed by atoms with Gasteiger partial charge in [-0.05, 0) is 25.5 Å². The fourth-order valence-electron chi connectivity index (χ4n) is 2.93. The predicted octanol–water partition coefficient (Wildman–Crippen LogP) is 3.14. The van der Waals surface area contributed by atoms with E-state index in [0.29, 0.717) is 15.6 Å². The minimum Gasteiger partial charge on any atom is -0.391 e. The summed E-state index contributed by atoms with van der Waals surface area (Å²) in [6.07, 6.45) is 3.51. The van der Waals surface area contributed by atoms with Crippen LogP contribution in [0.5, 0.6) is 0 Å². The molecule has 0 radical (unpaired) electrons. The first-order valence-corrected chi connectivity index (χ1v) is 9.47. The van der Waals surface area contributed by atoms with Gasteiger partial charge in [-0.2, -0.15) is 0 Å². The zero-order valence-corrected chi connectivity index (χ0v) is 16.2. The van der Waals surface area contributed by atoms with Crippen LogP contribution in [-0.2, 0) is 12.0 Å². The standard InChI is InChI=1S/C18H20F2N6OS/c1-11(19)6-18(2,15-13(20)4-3-5-21-15)10-24-17-23-8-14(25-26-17)16-22-7-12(9-27)28-16/h3-5,7-8,11,27H,6,9-10H2,1-2H3,(H,23,24,26)/t11-,18-/m1/s1. The Labute approximate surface area is 164 Å². The normalized spacial score (nSPS) is 14.5. The highest BCUT2D eigenvalue weighted by atomic mass is 32.1. The quantitative estimate of drug-likeness (QED) is 0.593. The Morgan fingerprint density at radius 3 is 2.68 bits per heavy atom. The van der Waals surface area contributed by atoms with Gasteiger partial charge in [-0.15, -0.1) is 21.5 Å². The summed E-state index contributed by atoms with van der Waals surface area (Å²) >= 11 is 1.30. The number of pyridine rings is 1. The lowest BCUT2D eigenvalue weighted by molar-refractivity contribution is 0.267. The van der Waals surface area contributed by atoms with Gasteiger partial charge < -0.3 is 10.4 Å². The molecule has 3 aromatic rings. The van der Waals surface area contributed by atoms with Crippen molar-refractivity contribution in [3.05, 3.63) is 47.1 Å². The minimum absolute atomic E-state index is 0.0858. The fraction of sp³-hybridized carbons (Fsp3) is 0.389. The zero-order valence-electron chi connectivity index (χ0n) is 15.4. The summed E-state index contributed by atoms with van der Waals surface area (Å²) in [6.45, 7) is 3.27. The van der Waals surface area contributed by atoms with Crippen molar-refractivity contribution in [1.82, 2.24) is 25.1 Å². The van der Waals surface area contributed by atoms with E-state index in [4.69, 9.17) is 5.11 Å². The maximum atomic E-state index is 14.3. The summed E-state index contributed by atoms with van der Waals surface area (Å²) < 4.78 is 28.0. The molecule has 2 N–H and O–H groups in total. The van der Waals surface area contributed by atoms with E-state index in [1.165, 1.54) is 42.8 Å².